The molecule has 0 fully saturated rings. The SMILES string of the molecule is CN=Cc1ccc(NS(=O)(=O)c2c[nH]c3cc(F)ccc23)cc1. The van der Waals surface area contributed by atoms with Gasteiger partial charge in [-0.1, -0.05) is 12.1 Å². The standard InChI is InChI=1S/C16H14FN3O2S/c1-18-9-11-2-5-13(6-3-11)20-23(21,22)16-10-19-15-8-12(17)4-7-14(15)16/h2-10,19-20H,1H3. The largest absolute Gasteiger partial charge is 0.360 e. The number of anilines is 1. The zero-order valence-electron chi connectivity index (χ0n) is 12.2. The number of benzene rings is 2. The summed E-state index contributed by atoms with van der Waals surface area (Å²) in [6.45, 7) is 0. The van der Waals surface area contributed by atoms with Crippen molar-refractivity contribution < 1.29 is 12.8 Å². The molecule has 0 unspecified atom stereocenters. The van der Waals surface area contributed by atoms with E-state index in [1.165, 1.54) is 24.4 Å². The number of rotatable bonds is 4. The Kier molecular flexibility index (Phi) is 3.87. The van der Waals surface area contributed by atoms with Crippen molar-refractivity contribution in [1.82, 2.24) is 4.98 Å². The van der Waals surface area contributed by atoms with Crippen LogP contribution in [0.3, 0.4) is 0 Å². The highest BCUT2D eigenvalue weighted by atomic mass is 32.2. The van der Waals surface area contributed by atoms with Gasteiger partial charge in [0.2, 0.25) is 0 Å². The lowest BCUT2D eigenvalue weighted by molar-refractivity contribution is 0.602. The summed E-state index contributed by atoms with van der Waals surface area (Å²) >= 11 is 0. The fraction of sp³-hybridized carbons (Fsp3) is 0.0625. The molecule has 0 aliphatic carbocycles. The minimum atomic E-state index is -3.77. The van der Waals surface area contributed by atoms with Crippen LogP contribution in [0.2, 0.25) is 0 Å². The highest BCUT2D eigenvalue weighted by Crippen LogP contribution is 2.25. The molecular weight excluding hydrogens is 317 g/mol. The number of H-pyrrole nitrogens is 1. The molecule has 0 spiro atoms. The second kappa shape index (κ2) is 5.85. The quantitative estimate of drug-likeness (QED) is 0.721. The number of hydrogen-bond donors (Lipinski definition) is 2. The highest BCUT2D eigenvalue weighted by molar-refractivity contribution is 7.93. The van der Waals surface area contributed by atoms with Crippen LogP contribution in [0, 0.1) is 5.82 Å². The van der Waals surface area contributed by atoms with E-state index in [0.29, 0.717) is 16.6 Å². The molecular formula is C16H14FN3O2S. The zero-order valence-corrected chi connectivity index (χ0v) is 13.1. The molecule has 2 N–H and O–H groups in total. The minimum Gasteiger partial charge on any atom is -0.360 e. The first-order valence-corrected chi connectivity index (χ1v) is 8.29. The van der Waals surface area contributed by atoms with Crippen molar-refractivity contribution in [3.05, 3.63) is 60.0 Å². The van der Waals surface area contributed by atoms with Crippen molar-refractivity contribution in [2.45, 2.75) is 4.90 Å². The van der Waals surface area contributed by atoms with Crippen LogP contribution in [0.15, 0.2) is 58.5 Å². The monoisotopic (exact) mass is 331 g/mol. The van der Waals surface area contributed by atoms with E-state index in [9.17, 15) is 12.8 Å². The Morgan fingerprint density at radius 1 is 1.17 bits per heavy atom. The molecule has 7 heteroatoms. The molecule has 0 bridgehead atoms. The highest BCUT2D eigenvalue weighted by Gasteiger charge is 2.19. The number of nitrogens with zero attached hydrogens (tertiary/aromatic N) is 1. The van der Waals surface area contributed by atoms with Crippen LogP contribution in [-0.4, -0.2) is 26.7 Å². The molecule has 2 aromatic carbocycles. The molecule has 3 rings (SSSR count). The fourth-order valence-corrected chi connectivity index (χ4v) is 3.53. The maximum absolute atomic E-state index is 13.2. The minimum absolute atomic E-state index is 0.0756. The predicted molar refractivity (Wildman–Crippen MR) is 89.0 cm³/mol. The Labute approximate surface area is 132 Å². The fourth-order valence-electron chi connectivity index (χ4n) is 2.29. The van der Waals surface area contributed by atoms with E-state index < -0.39 is 15.8 Å². The van der Waals surface area contributed by atoms with Crippen LogP contribution in [0.5, 0.6) is 0 Å². The van der Waals surface area contributed by atoms with Gasteiger partial charge in [-0.15, -0.1) is 0 Å². The van der Waals surface area contributed by atoms with Crippen LogP contribution < -0.4 is 4.72 Å². The number of halogens is 1. The summed E-state index contributed by atoms with van der Waals surface area (Å²) in [5, 5.41) is 0.439. The third-order valence-electron chi connectivity index (χ3n) is 3.34. The second-order valence-corrected chi connectivity index (χ2v) is 6.61. The van der Waals surface area contributed by atoms with Crippen LogP contribution in [-0.2, 0) is 10.0 Å². The van der Waals surface area contributed by atoms with Gasteiger partial charge in [0.25, 0.3) is 10.0 Å². The molecule has 1 heterocycles. The molecule has 0 atom stereocenters. The Balaban J connectivity index is 1.94. The first-order chi connectivity index (χ1) is 11.0. The van der Waals surface area contributed by atoms with E-state index >= 15 is 0 Å². The van der Waals surface area contributed by atoms with E-state index in [1.807, 2.05) is 0 Å². The number of nitrogens with one attached hydrogen (secondary N) is 2. The van der Waals surface area contributed by atoms with Gasteiger partial charge in [-0.25, -0.2) is 12.8 Å². The number of fused-ring (bicyclic) bond motifs is 1. The van der Waals surface area contributed by atoms with E-state index in [2.05, 4.69) is 14.7 Å². The van der Waals surface area contributed by atoms with Crippen LogP contribution in [0.25, 0.3) is 10.9 Å². The van der Waals surface area contributed by atoms with Crippen molar-refractivity contribution in [2.75, 3.05) is 11.8 Å². The molecule has 3 aromatic rings. The zero-order chi connectivity index (χ0) is 16.4. The molecule has 1 aromatic heterocycles. The predicted octanol–water partition coefficient (Wildman–Crippen LogP) is 3.16. The van der Waals surface area contributed by atoms with Crippen molar-refractivity contribution in [1.29, 1.82) is 0 Å². The van der Waals surface area contributed by atoms with Crippen LogP contribution in [0.4, 0.5) is 10.1 Å². The molecule has 0 amide bonds. The number of aliphatic imine (C=N–C) groups is 1. The van der Waals surface area contributed by atoms with Gasteiger partial charge < -0.3 is 4.98 Å². The number of sulfonamides is 1. The number of aromatic amines is 1. The molecule has 0 radical (unpaired) electrons. The molecule has 0 saturated carbocycles. The maximum Gasteiger partial charge on any atom is 0.264 e. The number of aromatic nitrogens is 1. The summed E-state index contributed by atoms with van der Waals surface area (Å²) in [6, 6.07) is 10.8. The van der Waals surface area contributed by atoms with Crippen LogP contribution >= 0.6 is 0 Å². The van der Waals surface area contributed by atoms with E-state index in [-0.39, 0.29) is 4.90 Å². The van der Waals surface area contributed by atoms with Gasteiger partial charge >= 0.3 is 0 Å². The summed E-state index contributed by atoms with van der Waals surface area (Å²) in [6.07, 6.45) is 3.02. The van der Waals surface area contributed by atoms with Gasteiger partial charge in [0.1, 0.15) is 10.7 Å². The van der Waals surface area contributed by atoms with Crippen molar-refractivity contribution >= 4 is 32.8 Å². The van der Waals surface area contributed by atoms with Gasteiger partial charge in [0.05, 0.1) is 0 Å². The molecule has 5 nitrogen and oxygen atoms in total. The Morgan fingerprint density at radius 2 is 1.91 bits per heavy atom. The third-order valence-corrected chi connectivity index (χ3v) is 4.76. The maximum atomic E-state index is 13.2. The van der Waals surface area contributed by atoms with E-state index in [1.54, 1.807) is 37.5 Å². The second-order valence-electron chi connectivity index (χ2n) is 4.96. The molecule has 0 aliphatic rings. The number of hydrogen-bond acceptors (Lipinski definition) is 3. The Bertz CT molecular complexity index is 976. The topological polar surface area (TPSA) is 74.3 Å². The average molecular weight is 331 g/mol. The summed E-state index contributed by atoms with van der Waals surface area (Å²) in [4.78, 5) is 6.74. The molecule has 23 heavy (non-hydrogen) atoms. The first-order valence-electron chi connectivity index (χ1n) is 6.81. The summed E-state index contributed by atoms with van der Waals surface area (Å²) < 4.78 is 40.7. The summed E-state index contributed by atoms with van der Waals surface area (Å²) in [7, 11) is -2.11. The Hall–Kier alpha value is -2.67. The first kappa shape index (κ1) is 15.2. The van der Waals surface area contributed by atoms with Crippen molar-refractivity contribution in [3.8, 4) is 0 Å². The molecule has 118 valence electrons. The normalized spacial score (nSPS) is 12.1. The lowest BCUT2D eigenvalue weighted by Crippen LogP contribution is -2.12. The summed E-state index contributed by atoms with van der Waals surface area (Å²) in [5.74, 6) is -0.426. The summed E-state index contributed by atoms with van der Waals surface area (Å²) in [5.41, 5.74) is 1.74. The van der Waals surface area contributed by atoms with Crippen LogP contribution in [0.1, 0.15) is 5.56 Å². The third kappa shape index (κ3) is 3.09. The van der Waals surface area contributed by atoms with Gasteiger partial charge in [-0.3, -0.25) is 9.71 Å². The Morgan fingerprint density at radius 3 is 2.61 bits per heavy atom. The lowest BCUT2D eigenvalue weighted by Gasteiger charge is -2.07. The molecule has 0 aliphatic heterocycles. The lowest BCUT2D eigenvalue weighted by atomic mass is 10.2. The van der Waals surface area contributed by atoms with Gasteiger partial charge in [0, 0.05) is 36.0 Å². The molecule has 0 saturated heterocycles. The smallest absolute Gasteiger partial charge is 0.264 e. The van der Waals surface area contributed by atoms with Gasteiger partial charge in [0.15, 0.2) is 0 Å². The van der Waals surface area contributed by atoms with E-state index in [4.69, 9.17) is 0 Å². The average Bonchev–Trinajstić information content (AvgIpc) is 2.93. The van der Waals surface area contributed by atoms with Gasteiger partial charge in [-0.2, -0.15) is 0 Å². The van der Waals surface area contributed by atoms with Crippen molar-refractivity contribution in [3.63, 3.8) is 0 Å². The van der Waals surface area contributed by atoms with Gasteiger partial charge in [-0.05, 0) is 35.9 Å². The van der Waals surface area contributed by atoms with Crippen molar-refractivity contribution in [2.24, 2.45) is 4.99 Å². The van der Waals surface area contributed by atoms with E-state index in [0.717, 1.165) is 5.56 Å².